The van der Waals surface area contributed by atoms with E-state index >= 15 is 0 Å². The number of carbonyl (C=O) groups is 1. The predicted molar refractivity (Wildman–Crippen MR) is 82.3 cm³/mol. The van der Waals surface area contributed by atoms with Gasteiger partial charge in [-0.25, -0.2) is 5.43 Å². The molecule has 1 aromatic heterocycles. The molecule has 1 amide bonds. The highest BCUT2D eigenvalue weighted by Crippen LogP contribution is 2.34. The van der Waals surface area contributed by atoms with Gasteiger partial charge in [-0.1, -0.05) is 43.1 Å². The standard InChI is InChI=1S/C14H15ClN2OS/c1-3-6-9(2)16-17-14(18)13-12(15)10-7-4-5-8-11(10)19-13/h4-5,7-8H,3,6H2,1-2H3,(H,17,18)/b16-9+. The molecule has 0 unspecified atom stereocenters. The average molecular weight is 295 g/mol. The molecule has 5 heteroatoms. The maximum atomic E-state index is 12.1. The lowest BCUT2D eigenvalue weighted by Crippen LogP contribution is -2.18. The molecule has 1 N–H and O–H groups in total. The number of fused-ring (bicyclic) bond motifs is 1. The summed E-state index contributed by atoms with van der Waals surface area (Å²) in [7, 11) is 0. The van der Waals surface area contributed by atoms with Crippen molar-refractivity contribution in [2.75, 3.05) is 0 Å². The van der Waals surface area contributed by atoms with Crippen LogP contribution >= 0.6 is 22.9 Å². The molecule has 0 saturated carbocycles. The van der Waals surface area contributed by atoms with E-state index in [2.05, 4.69) is 17.5 Å². The summed E-state index contributed by atoms with van der Waals surface area (Å²) < 4.78 is 1.01. The molecule has 0 saturated heterocycles. The van der Waals surface area contributed by atoms with E-state index in [9.17, 15) is 4.79 Å². The molecular weight excluding hydrogens is 280 g/mol. The van der Waals surface area contributed by atoms with E-state index in [-0.39, 0.29) is 5.91 Å². The Morgan fingerprint density at radius 3 is 2.84 bits per heavy atom. The molecule has 0 aliphatic carbocycles. The Labute approximate surface area is 121 Å². The van der Waals surface area contributed by atoms with E-state index in [1.165, 1.54) is 11.3 Å². The Morgan fingerprint density at radius 1 is 1.42 bits per heavy atom. The van der Waals surface area contributed by atoms with Gasteiger partial charge in [0.25, 0.3) is 5.91 Å². The molecule has 19 heavy (non-hydrogen) atoms. The van der Waals surface area contributed by atoms with Gasteiger partial charge in [-0.3, -0.25) is 4.79 Å². The van der Waals surface area contributed by atoms with Crippen LogP contribution in [0.4, 0.5) is 0 Å². The van der Waals surface area contributed by atoms with Crippen molar-refractivity contribution in [3.05, 3.63) is 34.2 Å². The van der Waals surface area contributed by atoms with Crippen molar-refractivity contribution >= 4 is 44.6 Å². The Kier molecular flexibility index (Phi) is 4.56. The third kappa shape index (κ3) is 3.14. The number of hydrazone groups is 1. The lowest BCUT2D eigenvalue weighted by atomic mass is 10.2. The first-order valence-corrected chi connectivity index (χ1v) is 7.33. The highest BCUT2D eigenvalue weighted by Gasteiger charge is 2.16. The van der Waals surface area contributed by atoms with Crippen molar-refractivity contribution in [1.82, 2.24) is 5.43 Å². The van der Waals surface area contributed by atoms with Crippen molar-refractivity contribution in [2.24, 2.45) is 5.10 Å². The van der Waals surface area contributed by atoms with Crippen LogP contribution in [0.15, 0.2) is 29.4 Å². The van der Waals surface area contributed by atoms with E-state index in [0.29, 0.717) is 9.90 Å². The van der Waals surface area contributed by atoms with Gasteiger partial charge in [0.15, 0.2) is 0 Å². The molecule has 0 atom stereocenters. The van der Waals surface area contributed by atoms with Crippen LogP contribution in [0.2, 0.25) is 5.02 Å². The summed E-state index contributed by atoms with van der Waals surface area (Å²) in [5.74, 6) is -0.248. The van der Waals surface area contributed by atoms with Gasteiger partial charge in [-0.05, 0) is 19.4 Å². The van der Waals surface area contributed by atoms with Gasteiger partial charge in [0.05, 0.1) is 5.02 Å². The van der Waals surface area contributed by atoms with Gasteiger partial charge in [0, 0.05) is 15.8 Å². The molecule has 1 aromatic carbocycles. The first kappa shape index (κ1) is 14.0. The van der Waals surface area contributed by atoms with Gasteiger partial charge in [-0.2, -0.15) is 5.10 Å². The Bertz CT molecular complexity index is 633. The summed E-state index contributed by atoms with van der Waals surface area (Å²) in [6.07, 6.45) is 1.88. The van der Waals surface area contributed by atoms with Crippen LogP contribution in [-0.4, -0.2) is 11.6 Å². The number of nitrogens with one attached hydrogen (secondary N) is 1. The van der Waals surface area contributed by atoms with Gasteiger partial charge in [-0.15, -0.1) is 11.3 Å². The van der Waals surface area contributed by atoms with E-state index in [4.69, 9.17) is 11.6 Å². The van der Waals surface area contributed by atoms with E-state index in [0.717, 1.165) is 28.6 Å². The number of nitrogens with zero attached hydrogens (tertiary/aromatic N) is 1. The minimum Gasteiger partial charge on any atom is -0.266 e. The molecule has 0 aliphatic heterocycles. The minimum absolute atomic E-state index is 0.248. The number of amides is 1. The molecule has 100 valence electrons. The summed E-state index contributed by atoms with van der Waals surface area (Å²) in [4.78, 5) is 12.6. The van der Waals surface area contributed by atoms with Gasteiger partial charge >= 0.3 is 0 Å². The minimum atomic E-state index is -0.248. The van der Waals surface area contributed by atoms with Crippen molar-refractivity contribution in [2.45, 2.75) is 26.7 Å². The van der Waals surface area contributed by atoms with Gasteiger partial charge in [0.1, 0.15) is 4.88 Å². The molecular formula is C14H15ClN2OS. The van der Waals surface area contributed by atoms with E-state index in [1.807, 2.05) is 31.2 Å². The predicted octanol–water partition coefficient (Wildman–Crippen LogP) is 4.46. The molecule has 0 radical (unpaired) electrons. The number of benzene rings is 1. The third-order valence-corrected chi connectivity index (χ3v) is 4.38. The quantitative estimate of drug-likeness (QED) is 0.656. The molecule has 2 aromatic rings. The lowest BCUT2D eigenvalue weighted by molar-refractivity contribution is 0.0959. The number of hydrogen-bond acceptors (Lipinski definition) is 3. The number of rotatable bonds is 4. The smallest absolute Gasteiger partial charge is 0.266 e. The molecule has 2 rings (SSSR count). The van der Waals surface area contributed by atoms with Crippen molar-refractivity contribution in [1.29, 1.82) is 0 Å². The maximum absolute atomic E-state index is 12.1. The highest BCUT2D eigenvalue weighted by atomic mass is 35.5. The van der Waals surface area contributed by atoms with E-state index < -0.39 is 0 Å². The summed E-state index contributed by atoms with van der Waals surface area (Å²) in [5.41, 5.74) is 3.47. The van der Waals surface area contributed by atoms with E-state index in [1.54, 1.807) is 0 Å². The molecule has 3 nitrogen and oxygen atoms in total. The number of carbonyl (C=O) groups excluding carboxylic acids is 1. The third-order valence-electron chi connectivity index (χ3n) is 2.70. The second-order valence-electron chi connectivity index (χ2n) is 4.28. The van der Waals surface area contributed by atoms with Crippen molar-refractivity contribution in [3.8, 4) is 0 Å². The first-order valence-electron chi connectivity index (χ1n) is 6.14. The van der Waals surface area contributed by atoms with Crippen LogP contribution in [0.5, 0.6) is 0 Å². The summed E-state index contributed by atoms with van der Waals surface area (Å²) >= 11 is 7.61. The fraction of sp³-hybridized carbons (Fsp3) is 0.286. The number of hydrogen-bond donors (Lipinski definition) is 1. The van der Waals surface area contributed by atoms with Crippen LogP contribution in [0.1, 0.15) is 36.4 Å². The summed E-state index contributed by atoms with van der Waals surface area (Å²) in [5, 5.41) is 5.48. The van der Waals surface area contributed by atoms with Gasteiger partial charge < -0.3 is 0 Å². The summed E-state index contributed by atoms with van der Waals surface area (Å²) in [6, 6.07) is 7.71. The SMILES string of the molecule is CCC/C(C)=N/NC(=O)c1sc2ccccc2c1Cl. The Hall–Kier alpha value is -1.39. The second kappa shape index (κ2) is 6.17. The highest BCUT2D eigenvalue weighted by molar-refractivity contribution is 7.21. The molecule has 0 spiro atoms. The maximum Gasteiger partial charge on any atom is 0.283 e. The fourth-order valence-corrected chi connectivity index (χ4v) is 3.18. The monoisotopic (exact) mass is 294 g/mol. The van der Waals surface area contributed by atoms with Crippen LogP contribution < -0.4 is 5.43 Å². The molecule has 0 bridgehead atoms. The first-order chi connectivity index (χ1) is 9.13. The normalized spacial score (nSPS) is 11.8. The summed E-state index contributed by atoms with van der Waals surface area (Å²) in [6.45, 7) is 3.97. The molecule has 0 fully saturated rings. The van der Waals surface area contributed by atoms with Crippen LogP contribution in [0.25, 0.3) is 10.1 Å². The Morgan fingerprint density at radius 2 is 2.16 bits per heavy atom. The van der Waals surface area contributed by atoms with Crippen molar-refractivity contribution < 1.29 is 4.79 Å². The second-order valence-corrected chi connectivity index (χ2v) is 5.71. The average Bonchev–Trinajstić information content (AvgIpc) is 2.74. The Balaban J connectivity index is 2.22. The molecule has 1 heterocycles. The molecule has 0 aliphatic rings. The number of thiophene rings is 1. The zero-order valence-electron chi connectivity index (χ0n) is 10.9. The fourth-order valence-electron chi connectivity index (χ4n) is 1.77. The van der Waals surface area contributed by atoms with Crippen LogP contribution in [0.3, 0.4) is 0 Å². The number of halogens is 1. The van der Waals surface area contributed by atoms with Gasteiger partial charge in [0.2, 0.25) is 0 Å². The van der Waals surface area contributed by atoms with Crippen molar-refractivity contribution in [3.63, 3.8) is 0 Å². The van der Waals surface area contributed by atoms with Crippen LogP contribution in [-0.2, 0) is 0 Å². The van der Waals surface area contributed by atoms with Crippen LogP contribution in [0, 0.1) is 0 Å². The topological polar surface area (TPSA) is 41.5 Å². The largest absolute Gasteiger partial charge is 0.283 e. The zero-order chi connectivity index (χ0) is 13.8. The lowest BCUT2D eigenvalue weighted by Gasteiger charge is -2.00. The zero-order valence-corrected chi connectivity index (χ0v) is 12.4.